The highest BCUT2D eigenvalue weighted by molar-refractivity contribution is 7.16. The number of anilines is 1. The minimum absolute atomic E-state index is 0.0416. The van der Waals surface area contributed by atoms with Gasteiger partial charge in [-0.2, -0.15) is 5.26 Å². The zero-order valence-corrected chi connectivity index (χ0v) is 20.1. The molecule has 10 heteroatoms. The van der Waals surface area contributed by atoms with Crippen molar-refractivity contribution in [1.82, 2.24) is 4.90 Å². The summed E-state index contributed by atoms with van der Waals surface area (Å²) in [5.74, 6) is 0.526. The lowest BCUT2D eigenvalue weighted by molar-refractivity contribution is -0.116. The van der Waals surface area contributed by atoms with Gasteiger partial charge in [0.15, 0.2) is 0 Å². The molecule has 3 rings (SSSR count). The maximum absolute atomic E-state index is 12.8. The standard InChI is InChI=1S/C24H29N3O6S/c1-3-32-18-6-4-5-16(10-18)15(2)9-22(30)26-23-20(11-25)19-7-8-27(12-21(19)34-23)24(31)33-14-17(29)13-28/h4-6,10,15,17,28-29H,3,7-9,12-14H2,1-2H3,(H,26,30). The Hall–Kier alpha value is -3.13. The van der Waals surface area contributed by atoms with Crippen molar-refractivity contribution < 1.29 is 29.3 Å². The summed E-state index contributed by atoms with van der Waals surface area (Å²) in [6.07, 6.45) is -1.02. The summed E-state index contributed by atoms with van der Waals surface area (Å²) in [6, 6.07) is 9.86. The second-order valence-corrected chi connectivity index (χ2v) is 9.17. The first-order valence-corrected chi connectivity index (χ1v) is 12.0. The van der Waals surface area contributed by atoms with E-state index in [9.17, 15) is 20.0 Å². The Kier molecular flexibility index (Phi) is 8.87. The number of carbonyl (C=O) groups is 2. The molecule has 0 radical (unpaired) electrons. The highest BCUT2D eigenvalue weighted by Crippen LogP contribution is 2.37. The Morgan fingerprint density at radius 2 is 2.18 bits per heavy atom. The zero-order chi connectivity index (χ0) is 24.7. The first-order valence-electron chi connectivity index (χ1n) is 11.1. The number of benzene rings is 1. The Morgan fingerprint density at radius 3 is 2.88 bits per heavy atom. The van der Waals surface area contributed by atoms with Crippen molar-refractivity contribution in [2.24, 2.45) is 0 Å². The minimum atomic E-state index is -1.12. The smallest absolute Gasteiger partial charge is 0.410 e. The van der Waals surface area contributed by atoms with Crippen LogP contribution in [0.2, 0.25) is 0 Å². The summed E-state index contributed by atoms with van der Waals surface area (Å²) in [4.78, 5) is 27.3. The van der Waals surface area contributed by atoms with Crippen LogP contribution in [-0.2, 0) is 22.5 Å². The van der Waals surface area contributed by atoms with E-state index in [1.165, 1.54) is 16.2 Å². The molecule has 34 heavy (non-hydrogen) atoms. The normalized spacial score (nSPS) is 14.5. The Labute approximate surface area is 202 Å². The van der Waals surface area contributed by atoms with Crippen LogP contribution in [0.5, 0.6) is 5.75 Å². The molecule has 0 fully saturated rings. The number of nitrogens with zero attached hydrogens (tertiary/aromatic N) is 2. The minimum Gasteiger partial charge on any atom is -0.494 e. The highest BCUT2D eigenvalue weighted by atomic mass is 32.1. The van der Waals surface area contributed by atoms with Crippen molar-refractivity contribution in [3.63, 3.8) is 0 Å². The lowest BCUT2D eigenvalue weighted by atomic mass is 9.97. The van der Waals surface area contributed by atoms with Gasteiger partial charge in [0.2, 0.25) is 5.91 Å². The Balaban J connectivity index is 1.64. The summed E-state index contributed by atoms with van der Waals surface area (Å²) in [5, 5.41) is 31.3. The fourth-order valence-corrected chi connectivity index (χ4v) is 4.96. The summed E-state index contributed by atoms with van der Waals surface area (Å²) >= 11 is 1.28. The van der Waals surface area contributed by atoms with E-state index < -0.39 is 18.8 Å². The molecule has 3 N–H and O–H groups in total. The van der Waals surface area contributed by atoms with E-state index in [2.05, 4.69) is 11.4 Å². The molecule has 9 nitrogen and oxygen atoms in total. The number of thiophene rings is 1. The Bertz CT molecular complexity index is 1060. The Morgan fingerprint density at radius 1 is 1.38 bits per heavy atom. The average Bonchev–Trinajstić information content (AvgIpc) is 3.18. The van der Waals surface area contributed by atoms with Gasteiger partial charge in [-0.15, -0.1) is 11.3 Å². The van der Waals surface area contributed by atoms with Crippen LogP contribution in [0, 0.1) is 11.3 Å². The topological polar surface area (TPSA) is 132 Å². The van der Waals surface area contributed by atoms with Crippen LogP contribution in [-0.4, -0.2) is 59.6 Å². The van der Waals surface area contributed by atoms with Crippen LogP contribution >= 0.6 is 11.3 Å². The van der Waals surface area contributed by atoms with Crippen molar-refractivity contribution in [3.8, 4) is 11.8 Å². The van der Waals surface area contributed by atoms with Gasteiger partial charge in [0.05, 0.1) is 25.3 Å². The number of hydrogen-bond acceptors (Lipinski definition) is 8. The molecule has 2 aromatic rings. The van der Waals surface area contributed by atoms with E-state index in [1.54, 1.807) is 0 Å². The predicted molar refractivity (Wildman–Crippen MR) is 127 cm³/mol. The SMILES string of the molecule is CCOc1cccc(C(C)CC(=O)Nc2sc3c(c2C#N)CCN(C(=O)OCC(O)CO)C3)c1. The number of amides is 2. The fraction of sp³-hybridized carbons (Fsp3) is 0.458. The quantitative estimate of drug-likeness (QED) is 0.495. The number of carbonyl (C=O) groups excluding carboxylic acids is 2. The molecule has 2 unspecified atom stereocenters. The molecule has 1 aromatic carbocycles. The molecule has 1 aliphatic heterocycles. The van der Waals surface area contributed by atoms with Gasteiger partial charge >= 0.3 is 6.09 Å². The largest absolute Gasteiger partial charge is 0.494 e. The monoisotopic (exact) mass is 487 g/mol. The number of ether oxygens (including phenoxy) is 2. The van der Waals surface area contributed by atoms with Gasteiger partial charge in [0.25, 0.3) is 0 Å². The number of aliphatic hydroxyl groups is 2. The van der Waals surface area contributed by atoms with Crippen LogP contribution in [0.25, 0.3) is 0 Å². The van der Waals surface area contributed by atoms with Crippen molar-refractivity contribution >= 4 is 28.3 Å². The molecule has 0 bridgehead atoms. The van der Waals surface area contributed by atoms with E-state index >= 15 is 0 Å². The van der Waals surface area contributed by atoms with Crippen molar-refractivity contribution in [2.45, 2.75) is 45.3 Å². The van der Waals surface area contributed by atoms with Crippen molar-refractivity contribution in [1.29, 1.82) is 5.26 Å². The van der Waals surface area contributed by atoms with Crippen molar-refractivity contribution in [3.05, 3.63) is 45.8 Å². The molecule has 1 aliphatic rings. The van der Waals surface area contributed by atoms with Crippen LogP contribution < -0.4 is 10.1 Å². The summed E-state index contributed by atoms with van der Waals surface area (Å²) in [5.41, 5.74) is 2.26. The lowest BCUT2D eigenvalue weighted by Gasteiger charge is -2.26. The molecule has 1 aromatic heterocycles. The summed E-state index contributed by atoms with van der Waals surface area (Å²) < 4.78 is 10.6. The van der Waals surface area contributed by atoms with Gasteiger partial charge in [0.1, 0.15) is 29.5 Å². The van der Waals surface area contributed by atoms with Gasteiger partial charge in [-0.1, -0.05) is 19.1 Å². The molecular formula is C24H29N3O6S. The van der Waals surface area contributed by atoms with Crippen LogP contribution in [0.4, 0.5) is 9.80 Å². The van der Waals surface area contributed by atoms with Gasteiger partial charge < -0.3 is 29.9 Å². The predicted octanol–water partition coefficient (Wildman–Crippen LogP) is 3.00. The van der Waals surface area contributed by atoms with Crippen LogP contribution in [0.3, 0.4) is 0 Å². The van der Waals surface area contributed by atoms with E-state index in [-0.39, 0.29) is 31.4 Å². The number of fused-ring (bicyclic) bond motifs is 1. The van der Waals surface area contributed by atoms with Gasteiger partial charge in [-0.3, -0.25) is 4.79 Å². The van der Waals surface area contributed by atoms with E-state index in [0.717, 1.165) is 21.8 Å². The molecular weight excluding hydrogens is 458 g/mol. The second kappa shape index (κ2) is 11.8. The molecule has 182 valence electrons. The van der Waals surface area contributed by atoms with Crippen LogP contribution in [0.15, 0.2) is 24.3 Å². The first kappa shape index (κ1) is 25.5. The van der Waals surface area contributed by atoms with Gasteiger partial charge in [0, 0.05) is 17.8 Å². The molecule has 2 heterocycles. The number of nitrogens with one attached hydrogen (secondary N) is 1. The third kappa shape index (κ3) is 6.26. The van der Waals surface area contributed by atoms with E-state index in [4.69, 9.17) is 14.6 Å². The third-order valence-corrected chi connectivity index (χ3v) is 6.65. The molecule has 0 saturated carbocycles. The molecule has 0 spiro atoms. The van der Waals surface area contributed by atoms with Gasteiger partial charge in [-0.05, 0) is 42.5 Å². The molecule has 2 atom stereocenters. The maximum Gasteiger partial charge on any atom is 0.410 e. The highest BCUT2D eigenvalue weighted by Gasteiger charge is 2.28. The first-order chi connectivity index (χ1) is 16.4. The molecule has 2 amide bonds. The average molecular weight is 488 g/mol. The lowest BCUT2D eigenvalue weighted by Crippen LogP contribution is -2.37. The maximum atomic E-state index is 12.8. The van der Waals surface area contributed by atoms with Crippen molar-refractivity contribution in [2.75, 3.05) is 31.7 Å². The molecule has 0 saturated heterocycles. The molecule has 0 aliphatic carbocycles. The summed E-state index contributed by atoms with van der Waals surface area (Å²) in [6.45, 7) is 4.27. The number of aliphatic hydroxyl groups excluding tert-OH is 2. The van der Waals surface area contributed by atoms with E-state index in [0.29, 0.717) is 30.1 Å². The number of hydrogen-bond donors (Lipinski definition) is 3. The van der Waals surface area contributed by atoms with Crippen LogP contribution in [0.1, 0.15) is 47.8 Å². The number of rotatable bonds is 9. The van der Waals surface area contributed by atoms with Gasteiger partial charge in [-0.25, -0.2) is 4.79 Å². The fourth-order valence-electron chi connectivity index (χ4n) is 3.73. The van der Waals surface area contributed by atoms with E-state index in [1.807, 2.05) is 38.1 Å². The third-order valence-electron chi connectivity index (χ3n) is 5.52. The number of nitriles is 1. The summed E-state index contributed by atoms with van der Waals surface area (Å²) in [7, 11) is 0. The second-order valence-electron chi connectivity index (χ2n) is 8.06. The zero-order valence-electron chi connectivity index (χ0n) is 19.2.